The molecule has 0 aliphatic heterocycles. The van der Waals surface area contributed by atoms with E-state index in [-0.39, 0.29) is 18.5 Å². The second-order valence-electron chi connectivity index (χ2n) is 3.40. The first-order valence-corrected chi connectivity index (χ1v) is 5.92. The Hall–Kier alpha value is -0.580. The third-order valence-electron chi connectivity index (χ3n) is 2.02. The predicted octanol–water partition coefficient (Wildman–Crippen LogP) is 2.32. The van der Waals surface area contributed by atoms with Crippen LogP contribution in [0.25, 0.3) is 0 Å². The first kappa shape index (κ1) is 12.5. The second kappa shape index (κ2) is 6.10. The molecule has 3 N–H and O–H groups in total. The normalized spacial score (nSPS) is 12.8. The highest BCUT2D eigenvalue weighted by molar-refractivity contribution is 7.99. The van der Waals surface area contributed by atoms with Gasteiger partial charge in [-0.3, -0.25) is 0 Å². The fourth-order valence-electron chi connectivity index (χ4n) is 1.25. The Morgan fingerprint density at radius 1 is 1.53 bits per heavy atom. The summed E-state index contributed by atoms with van der Waals surface area (Å²) in [5, 5.41) is 8.67. The summed E-state index contributed by atoms with van der Waals surface area (Å²) in [6.45, 7) is 2.02. The summed E-state index contributed by atoms with van der Waals surface area (Å²) in [6, 6.07) is 4.49. The fraction of sp³-hybridized carbons (Fsp3) is 0.455. The van der Waals surface area contributed by atoms with Gasteiger partial charge in [-0.25, -0.2) is 4.39 Å². The highest BCUT2D eigenvalue weighted by atomic mass is 32.2. The van der Waals surface area contributed by atoms with E-state index in [1.807, 2.05) is 6.92 Å². The minimum atomic E-state index is -0.256. The maximum atomic E-state index is 13.0. The van der Waals surface area contributed by atoms with Gasteiger partial charge in [0.15, 0.2) is 0 Å². The lowest BCUT2D eigenvalue weighted by molar-refractivity contribution is 0.296. The lowest BCUT2D eigenvalue weighted by Crippen LogP contribution is -2.07. The first-order valence-electron chi connectivity index (χ1n) is 4.94. The molecule has 1 rings (SSSR count). The number of benzene rings is 1. The van der Waals surface area contributed by atoms with E-state index < -0.39 is 0 Å². The van der Waals surface area contributed by atoms with Crippen LogP contribution in [-0.4, -0.2) is 17.5 Å². The van der Waals surface area contributed by atoms with Gasteiger partial charge in [-0.15, -0.1) is 11.8 Å². The Kier molecular flexibility index (Phi) is 5.08. The van der Waals surface area contributed by atoms with Crippen molar-refractivity contribution in [2.75, 3.05) is 12.4 Å². The molecule has 4 heteroatoms. The monoisotopic (exact) mass is 229 g/mol. The van der Waals surface area contributed by atoms with Gasteiger partial charge in [0.25, 0.3) is 0 Å². The lowest BCUT2D eigenvalue weighted by atomic mass is 10.1. The van der Waals surface area contributed by atoms with Crippen molar-refractivity contribution in [1.82, 2.24) is 0 Å². The molecule has 0 amide bonds. The van der Waals surface area contributed by atoms with Gasteiger partial charge in [0.05, 0.1) is 0 Å². The average Bonchev–Trinajstić information content (AvgIpc) is 2.20. The lowest BCUT2D eigenvalue weighted by Gasteiger charge is -2.12. The SMILES string of the molecule is C[C@@H](N)c1cc(F)ccc1SCCCO. The molecule has 0 aliphatic carbocycles. The first-order chi connectivity index (χ1) is 7.15. The molecule has 1 aromatic rings. The van der Waals surface area contributed by atoms with Gasteiger partial charge in [0.1, 0.15) is 5.82 Å². The molecule has 2 nitrogen and oxygen atoms in total. The fourth-order valence-corrected chi connectivity index (χ4v) is 2.32. The van der Waals surface area contributed by atoms with Crippen molar-refractivity contribution in [2.24, 2.45) is 5.73 Å². The quantitative estimate of drug-likeness (QED) is 0.601. The summed E-state index contributed by atoms with van der Waals surface area (Å²) in [7, 11) is 0. The van der Waals surface area contributed by atoms with Crippen molar-refractivity contribution in [1.29, 1.82) is 0 Å². The van der Waals surface area contributed by atoms with Crippen LogP contribution in [0.5, 0.6) is 0 Å². The van der Waals surface area contributed by atoms with Crippen molar-refractivity contribution < 1.29 is 9.50 Å². The van der Waals surface area contributed by atoms with Crippen LogP contribution < -0.4 is 5.73 Å². The minimum absolute atomic E-state index is 0.169. The zero-order chi connectivity index (χ0) is 11.3. The number of aliphatic hydroxyl groups is 1. The van der Waals surface area contributed by atoms with Crippen LogP contribution in [0.2, 0.25) is 0 Å². The third-order valence-corrected chi connectivity index (χ3v) is 3.20. The van der Waals surface area contributed by atoms with E-state index in [1.165, 1.54) is 12.1 Å². The van der Waals surface area contributed by atoms with E-state index >= 15 is 0 Å². The molecule has 0 fully saturated rings. The van der Waals surface area contributed by atoms with Gasteiger partial charge < -0.3 is 10.8 Å². The topological polar surface area (TPSA) is 46.2 Å². The number of thioether (sulfide) groups is 1. The van der Waals surface area contributed by atoms with Crippen molar-refractivity contribution >= 4 is 11.8 Å². The Morgan fingerprint density at radius 3 is 2.87 bits per heavy atom. The smallest absolute Gasteiger partial charge is 0.123 e. The molecule has 0 bridgehead atoms. The Morgan fingerprint density at radius 2 is 2.27 bits per heavy atom. The van der Waals surface area contributed by atoms with Crippen LogP contribution in [0.4, 0.5) is 4.39 Å². The van der Waals surface area contributed by atoms with E-state index in [4.69, 9.17) is 10.8 Å². The summed E-state index contributed by atoms with van der Waals surface area (Å²) in [4.78, 5) is 1.000. The van der Waals surface area contributed by atoms with Gasteiger partial charge in [-0.1, -0.05) is 0 Å². The molecular formula is C11H16FNOS. The molecule has 1 aromatic carbocycles. The number of nitrogens with two attached hydrogens (primary N) is 1. The van der Waals surface area contributed by atoms with Gasteiger partial charge in [-0.05, 0) is 37.1 Å². The van der Waals surface area contributed by atoms with Crippen LogP contribution in [-0.2, 0) is 0 Å². The maximum absolute atomic E-state index is 13.0. The summed E-state index contributed by atoms with van der Waals surface area (Å²) in [6.07, 6.45) is 0.737. The molecule has 0 saturated carbocycles. The number of hydrogen-bond donors (Lipinski definition) is 2. The zero-order valence-electron chi connectivity index (χ0n) is 8.74. The minimum Gasteiger partial charge on any atom is -0.396 e. The molecule has 1 atom stereocenters. The second-order valence-corrected chi connectivity index (χ2v) is 4.53. The number of rotatable bonds is 5. The van der Waals surface area contributed by atoms with Crippen molar-refractivity contribution in [2.45, 2.75) is 24.3 Å². The summed E-state index contributed by atoms with van der Waals surface area (Å²) < 4.78 is 13.0. The molecule has 0 heterocycles. The highest BCUT2D eigenvalue weighted by Gasteiger charge is 2.08. The van der Waals surface area contributed by atoms with Gasteiger partial charge in [-0.2, -0.15) is 0 Å². The predicted molar refractivity (Wildman–Crippen MR) is 61.4 cm³/mol. The molecular weight excluding hydrogens is 213 g/mol. The largest absolute Gasteiger partial charge is 0.396 e. The van der Waals surface area contributed by atoms with E-state index in [1.54, 1.807) is 17.8 Å². The van der Waals surface area contributed by atoms with E-state index in [0.717, 1.165) is 22.6 Å². The van der Waals surface area contributed by atoms with E-state index in [0.29, 0.717) is 0 Å². The van der Waals surface area contributed by atoms with Crippen LogP contribution in [0.3, 0.4) is 0 Å². The Balaban J connectivity index is 2.77. The van der Waals surface area contributed by atoms with Gasteiger partial charge in [0.2, 0.25) is 0 Å². The van der Waals surface area contributed by atoms with Crippen LogP contribution in [0.15, 0.2) is 23.1 Å². The summed E-state index contributed by atoms with van der Waals surface area (Å²) in [5.74, 6) is 0.566. The maximum Gasteiger partial charge on any atom is 0.123 e. The van der Waals surface area contributed by atoms with Crippen LogP contribution >= 0.6 is 11.8 Å². The van der Waals surface area contributed by atoms with Crippen LogP contribution in [0.1, 0.15) is 24.9 Å². The molecule has 0 saturated heterocycles. The number of aliphatic hydroxyl groups excluding tert-OH is 1. The third kappa shape index (κ3) is 3.81. The zero-order valence-corrected chi connectivity index (χ0v) is 9.56. The molecule has 0 unspecified atom stereocenters. The molecule has 0 radical (unpaired) electrons. The summed E-state index contributed by atoms with van der Waals surface area (Å²) in [5.41, 5.74) is 6.59. The molecule has 84 valence electrons. The standard InChI is InChI=1S/C11H16FNOS/c1-8(13)10-7-9(12)3-4-11(10)15-6-2-5-14/h3-4,7-8,14H,2,5-6,13H2,1H3/t8-/m1/s1. The van der Waals surface area contributed by atoms with Gasteiger partial charge in [0, 0.05) is 23.3 Å². The molecule has 15 heavy (non-hydrogen) atoms. The van der Waals surface area contributed by atoms with Crippen molar-refractivity contribution in [3.63, 3.8) is 0 Å². The van der Waals surface area contributed by atoms with Crippen LogP contribution in [0, 0.1) is 5.82 Å². The molecule has 0 aromatic heterocycles. The van der Waals surface area contributed by atoms with E-state index in [9.17, 15) is 4.39 Å². The molecule has 0 spiro atoms. The summed E-state index contributed by atoms with van der Waals surface area (Å²) >= 11 is 1.60. The molecule has 0 aliphatic rings. The van der Waals surface area contributed by atoms with Crippen molar-refractivity contribution in [3.05, 3.63) is 29.6 Å². The Bertz CT molecular complexity index is 317. The number of hydrogen-bond acceptors (Lipinski definition) is 3. The number of halogens is 1. The van der Waals surface area contributed by atoms with Gasteiger partial charge >= 0.3 is 0 Å². The highest BCUT2D eigenvalue weighted by Crippen LogP contribution is 2.27. The average molecular weight is 229 g/mol. The Labute approximate surface area is 93.7 Å². The van der Waals surface area contributed by atoms with E-state index in [2.05, 4.69) is 0 Å². The van der Waals surface area contributed by atoms with Crippen molar-refractivity contribution in [3.8, 4) is 0 Å².